The molecule has 1 saturated carbocycles. The molecule has 3 N–H and O–H groups in total. The second-order valence-corrected chi connectivity index (χ2v) is 6.42. The Morgan fingerprint density at radius 2 is 2.05 bits per heavy atom. The Hall–Kier alpha value is -1.22. The molecule has 0 heterocycles. The zero-order valence-corrected chi connectivity index (χ0v) is 12.9. The first-order valence-electron chi connectivity index (χ1n) is 7.35. The van der Waals surface area contributed by atoms with Crippen molar-refractivity contribution in [2.24, 2.45) is 11.8 Å². The monoisotopic (exact) mass is 294 g/mol. The van der Waals surface area contributed by atoms with E-state index < -0.39 is 0 Å². The summed E-state index contributed by atoms with van der Waals surface area (Å²) in [5.74, 6) is 1.05. The smallest absolute Gasteiger partial charge is 0.253 e. The normalized spacial score (nSPS) is 22.8. The Balaban J connectivity index is 2.09. The van der Waals surface area contributed by atoms with Crippen molar-refractivity contribution in [1.82, 2.24) is 5.32 Å². The molecule has 1 amide bonds. The van der Waals surface area contributed by atoms with Gasteiger partial charge in [0.1, 0.15) is 0 Å². The molecule has 2 unspecified atom stereocenters. The number of hydrogen-bond acceptors (Lipinski definition) is 2. The second kappa shape index (κ2) is 6.49. The maximum absolute atomic E-state index is 12.4. The van der Waals surface area contributed by atoms with Gasteiger partial charge in [-0.2, -0.15) is 0 Å². The number of benzene rings is 1. The summed E-state index contributed by atoms with van der Waals surface area (Å²) >= 11 is 6.10. The summed E-state index contributed by atoms with van der Waals surface area (Å²) in [5, 5.41) is 3.58. The van der Waals surface area contributed by atoms with Crippen LogP contribution in [0, 0.1) is 11.8 Å². The van der Waals surface area contributed by atoms with Crippen molar-refractivity contribution >= 4 is 23.2 Å². The average molecular weight is 295 g/mol. The lowest BCUT2D eigenvalue weighted by molar-refractivity contribution is 0.0889. The van der Waals surface area contributed by atoms with Gasteiger partial charge in [0.15, 0.2) is 0 Å². The first-order valence-corrected chi connectivity index (χ1v) is 7.72. The molecule has 20 heavy (non-hydrogen) atoms. The van der Waals surface area contributed by atoms with E-state index in [1.54, 1.807) is 18.2 Å². The van der Waals surface area contributed by atoms with Gasteiger partial charge in [-0.25, -0.2) is 0 Å². The third kappa shape index (κ3) is 3.45. The van der Waals surface area contributed by atoms with Gasteiger partial charge >= 0.3 is 0 Å². The molecule has 2 rings (SSSR count). The van der Waals surface area contributed by atoms with Gasteiger partial charge in [0, 0.05) is 11.7 Å². The van der Waals surface area contributed by atoms with Crippen LogP contribution in [0.4, 0.5) is 5.69 Å². The van der Waals surface area contributed by atoms with Gasteiger partial charge in [0.05, 0.1) is 10.6 Å². The maximum Gasteiger partial charge on any atom is 0.253 e. The molecule has 2 atom stereocenters. The highest BCUT2D eigenvalue weighted by atomic mass is 35.5. The van der Waals surface area contributed by atoms with Crippen molar-refractivity contribution in [1.29, 1.82) is 0 Å². The van der Waals surface area contributed by atoms with Crippen LogP contribution in [-0.4, -0.2) is 11.9 Å². The van der Waals surface area contributed by atoms with Gasteiger partial charge in [0.25, 0.3) is 5.91 Å². The number of carbonyl (C=O) groups excluding carboxylic acids is 1. The van der Waals surface area contributed by atoms with E-state index in [1.165, 1.54) is 19.3 Å². The van der Waals surface area contributed by atoms with Gasteiger partial charge in [0.2, 0.25) is 0 Å². The van der Waals surface area contributed by atoms with Crippen molar-refractivity contribution in [3.63, 3.8) is 0 Å². The molecule has 0 bridgehead atoms. The molecule has 0 aliphatic heterocycles. The number of nitrogens with one attached hydrogen (secondary N) is 1. The van der Waals surface area contributed by atoms with Gasteiger partial charge in [-0.3, -0.25) is 4.79 Å². The molecular weight excluding hydrogens is 272 g/mol. The molecule has 3 nitrogen and oxygen atoms in total. The van der Waals surface area contributed by atoms with Gasteiger partial charge in [-0.05, 0) is 42.9 Å². The minimum Gasteiger partial charge on any atom is -0.399 e. The number of hydrogen-bond donors (Lipinski definition) is 2. The summed E-state index contributed by atoms with van der Waals surface area (Å²) in [7, 11) is 0. The number of nitrogens with two attached hydrogens (primary N) is 1. The molecule has 1 aromatic rings. The first-order chi connectivity index (χ1) is 9.49. The van der Waals surface area contributed by atoms with E-state index >= 15 is 0 Å². The molecular formula is C16H23ClN2O. The minimum absolute atomic E-state index is 0.0902. The van der Waals surface area contributed by atoms with Crippen LogP contribution < -0.4 is 11.1 Å². The van der Waals surface area contributed by atoms with E-state index in [0.29, 0.717) is 28.1 Å². The zero-order chi connectivity index (χ0) is 14.7. The fourth-order valence-corrected chi connectivity index (χ4v) is 3.37. The number of amides is 1. The Bertz CT molecular complexity index is 487. The topological polar surface area (TPSA) is 55.1 Å². The maximum atomic E-state index is 12.4. The lowest BCUT2D eigenvalue weighted by Gasteiger charge is -2.35. The third-order valence-electron chi connectivity index (χ3n) is 4.23. The fraction of sp³-hybridized carbons (Fsp3) is 0.562. The fourth-order valence-electron chi connectivity index (χ4n) is 3.10. The van der Waals surface area contributed by atoms with Gasteiger partial charge < -0.3 is 11.1 Å². The van der Waals surface area contributed by atoms with E-state index in [2.05, 4.69) is 19.2 Å². The largest absolute Gasteiger partial charge is 0.399 e. The van der Waals surface area contributed by atoms with E-state index in [-0.39, 0.29) is 11.9 Å². The van der Waals surface area contributed by atoms with Crippen LogP contribution in [0.5, 0.6) is 0 Å². The number of nitrogen functional groups attached to an aromatic ring is 1. The summed E-state index contributed by atoms with van der Waals surface area (Å²) in [5.41, 5.74) is 6.74. The van der Waals surface area contributed by atoms with Crippen LogP contribution in [0.1, 0.15) is 49.9 Å². The number of halogens is 1. The van der Waals surface area contributed by atoms with Crippen molar-refractivity contribution in [2.45, 2.75) is 45.6 Å². The van der Waals surface area contributed by atoms with Crippen molar-refractivity contribution in [3.05, 3.63) is 28.8 Å². The zero-order valence-electron chi connectivity index (χ0n) is 12.2. The molecule has 4 heteroatoms. The summed E-state index contributed by atoms with van der Waals surface area (Å²) in [4.78, 5) is 12.4. The highest BCUT2D eigenvalue weighted by Gasteiger charge is 2.29. The van der Waals surface area contributed by atoms with Crippen LogP contribution in [0.15, 0.2) is 18.2 Å². The van der Waals surface area contributed by atoms with Crippen LogP contribution in [0.3, 0.4) is 0 Å². The molecule has 1 aliphatic rings. The van der Waals surface area contributed by atoms with Crippen molar-refractivity contribution in [3.8, 4) is 0 Å². The number of rotatable bonds is 3. The van der Waals surface area contributed by atoms with E-state index in [1.807, 2.05) is 0 Å². The predicted molar refractivity (Wildman–Crippen MR) is 83.9 cm³/mol. The van der Waals surface area contributed by atoms with Crippen LogP contribution in [0.2, 0.25) is 5.02 Å². The molecule has 110 valence electrons. The Morgan fingerprint density at radius 3 is 2.70 bits per heavy atom. The third-order valence-corrected chi connectivity index (χ3v) is 4.54. The first kappa shape index (κ1) is 15.2. The Kier molecular flexibility index (Phi) is 4.92. The molecule has 1 aromatic carbocycles. The van der Waals surface area contributed by atoms with E-state index in [9.17, 15) is 4.79 Å². The minimum atomic E-state index is -0.0902. The molecule has 0 spiro atoms. The van der Waals surface area contributed by atoms with Gasteiger partial charge in [-0.15, -0.1) is 0 Å². The number of anilines is 1. The highest BCUT2D eigenvalue weighted by Crippen LogP contribution is 2.30. The van der Waals surface area contributed by atoms with Crippen LogP contribution in [0.25, 0.3) is 0 Å². The van der Waals surface area contributed by atoms with Crippen LogP contribution >= 0.6 is 11.6 Å². The summed E-state index contributed by atoms with van der Waals surface area (Å²) in [6, 6.07) is 5.28. The lowest BCUT2D eigenvalue weighted by atomic mass is 9.78. The average Bonchev–Trinajstić information content (AvgIpc) is 2.38. The molecule has 0 radical (unpaired) electrons. The quantitative estimate of drug-likeness (QED) is 0.832. The lowest BCUT2D eigenvalue weighted by Crippen LogP contribution is -2.44. The van der Waals surface area contributed by atoms with Crippen LogP contribution in [-0.2, 0) is 0 Å². The van der Waals surface area contributed by atoms with Crippen molar-refractivity contribution < 1.29 is 4.79 Å². The SMILES string of the molecule is CC(C)C1CCCCC1NC(=O)c1ccc(N)cc1Cl. The highest BCUT2D eigenvalue weighted by molar-refractivity contribution is 6.34. The standard InChI is InChI=1S/C16H23ClN2O/c1-10(2)12-5-3-4-6-15(12)19-16(20)13-8-7-11(18)9-14(13)17/h7-10,12,15H,3-6,18H2,1-2H3,(H,19,20). The molecule has 1 aliphatic carbocycles. The summed E-state index contributed by atoms with van der Waals surface area (Å²) < 4.78 is 0. The predicted octanol–water partition coefficient (Wildman–Crippen LogP) is 3.87. The Morgan fingerprint density at radius 1 is 1.35 bits per heavy atom. The van der Waals surface area contributed by atoms with Gasteiger partial charge in [-0.1, -0.05) is 38.3 Å². The molecule has 1 fully saturated rings. The Labute approximate surface area is 125 Å². The molecule has 0 aromatic heterocycles. The van der Waals surface area contributed by atoms with E-state index in [4.69, 9.17) is 17.3 Å². The summed E-state index contributed by atoms with van der Waals surface area (Å²) in [6.45, 7) is 4.46. The van der Waals surface area contributed by atoms with Crippen molar-refractivity contribution in [2.75, 3.05) is 5.73 Å². The van der Waals surface area contributed by atoms with E-state index in [0.717, 1.165) is 6.42 Å². The second-order valence-electron chi connectivity index (χ2n) is 6.01. The summed E-state index contributed by atoms with van der Waals surface area (Å²) in [6.07, 6.45) is 4.70. The number of carbonyl (C=O) groups is 1. The molecule has 0 saturated heterocycles.